The number of nitrogens with two attached hydrogens (primary N) is 1. The van der Waals surface area contributed by atoms with Gasteiger partial charge in [-0.2, -0.15) is 5.10 Å². The Morgan fingerprint density at radius 2 is 1.70 bits per heavy atom. The number of aromatic nitrogens is 2. The molecule has 2 amide bonds. The van der Waals surface area contributed by atoms with Gasteiger partial charge in [-0.15, -0.1) is 0 Å². The molecule has 1 atom stereocenters. The van der Waals surface area contributed by atoms with Gasteiger partial charge in [0.1, 0.15) is 11.7 Å². The van der Waals surface area contributed by atoms with Crippen molar-refractivity contribution in [2.45, 2.75) is 26.3 Å². The first-order chi connectivity index (χ1) is 14.2. The fraction of sp³-hybridized carbons (Fsp3) is 0.217. The number of carbonyl (C=O) groups is 3. The third-order valence-corrected chi connectivity index (χ3v) is 4.71. The van der Waals surface area contributed by atoms with Crippen molar-refractivity contribution in [3.63, 3.8) is 0 Å². The van der Waals surface area contributed by atoms with Gasteiger partial charge in [0.2, 0.25) is 5.78 Å². The number of Topliss-reactive ketones (excluding diaryl/α,β-unsaturated/α-hetero) is 1. The van der Waals surface area contributed by atoms with Crippen molar-refractivity contribution in [1.82, 2.24) is 15.1 Å². The molecule has 0 saturated carbocycles. The van der Waals surface area contributed by atoms with Crippen LogP contribution in [0.3, 0.4) is 0 Å². The van der Waals surface area contributed by atoms with Crippen LogP contribution in [0.5, 0.6) is 0 Å². The first kappa shape index (κ1) is 21.0. The van der Waals surface area contributed by atoms with Crippen LogP contribution in [0, 0.1) is 13.8 Å². The Morgan fingerprint density at radius 1 is 1.07 bits per heavy atom. The molecule has 1 aromatic heterocycles. The van der Waals surface area contributed by atoms with Crippen molar-refractivity contribution in [3.8, 4) is 11.3 Å². The molecule has 0 fully saturated rings. The second kappa shape index (κ2) is 8.73. The number of carbonyl (C=O) groups excluding carboxylic acids is 3. The van der Waals surface area contributed by atoms with E-state index < -0.39 is 23.6 Å². The SMILES string of the molecule is Cc1cc(C)cc(CC(NC(=O)c2cn(C)nc2-c2ccccc2)C(=O)C(N)=O)c1. The van der Waals surface area contributed by atoms with Crippen molar-refractivity contribution in [2.24, 2.45) is 12.8 Å². The maximum atomic E-state index is 13.0. The normalized spacial score (nSPS) is 11.7. The van der Waals surface area contributed by atoms with E-state index in [0.29, 0.717) is 11.3 Å². The monoisotopic (exact) mass is 404 g/mol. The van der Waals surface area contributed by atoms with Gasteiger partial charge >= 0.3 is 0 Å². The van der Waals surface area contributed by atoms with Crippen LogP contribution in [-0.2, 0) is 23.1 Å². The van der Waals surface area contributed by atoms with Crippen LogP contribution in [0.2, 0.25) is 0 Å². The third kappa shape index (κ3) is 4.81. The van der Waals surface area contributed by atoms with Gasteiger partial charge in [-0.3, -0.25) is 19.1 Å². The minimum absolute atomic E-state index is 0.164. The number of benzene rings is 2. The van der Waals surface area contributed by atoms with E-state index >= 15 is 0 Å². The molecule has 1 heterocycles. The maximum absolute atomic E-state index is 13.0. The van der Waals surface area contributed by atoms with Crippen molar-refractivity contribution in [2.75, 3.05) is 0 Å². The highest BCUT2D eigenvalue weighted by Gasteiger charge is 2.27. The molecule has 0 aliphatic heterocycles. The van der Waals surface area contributed by atoms with Crippen molar-refractivity contribution < 1.29 is 14.4 Å². The Morgan fingerprint density at radius 3 is 2.30 bits per heavy atom. The van der Waals surface area contributed by atoms with Crippen LogP contribution < -0.4 is 11.1 Å². The van der Waals surface area contributed by atoms with Crippen LogP contribution in [0.1, 0.15) is 27.0 Å². The molecule has 3 rings (SSSR count). The summed E-state index contributed by atoms with van der Waals surface area (Å²) in [6.45, 7) is 3.89. The molecule has 154 valence electrons. The molecule has 7 heteroatoms. The Kier molecular flexibility index (Phi) is 6.11. The van der Waals surface area contributed by atoms with Crippen LogP contribution in [0.25, 0.3) is 11.3 Å². The van der Waals surface area contributed by atoms with Gasteiger partial charge in [0.05, 0.1) is 5.56 Å². The summed E-state index contributed by atoms with van der Waals surface area (Å²) in [5, 5.41) is 7.06. The van der Waals surface area contributed by atoms with Gasteiger partial charge in [-0.25, -0.2) is 0 Å². The largest absolute Gasteiger partial charge is 0.363 e. The van der Waals surface area contributed by atoms with Crippen LogP contribution in [0.4, 0.5) is 0 Å². The van der Waals surface area contributed by atoms with Gasteiger partial charge in [0, 0.05) is 25.2 Å². The molecule has 1 unspecified atom stereocenters. The van der Waals surface area contributed by atoms with Gasteiger partial charge in [0.15, 0.2) is 0 Å². The number of hydrogen-bond acceptors (Lipinski definition) is 4. The fourth-order valence-corrected chi connectivity index (χ4v) is 3.50. The fourth-order valence-electron chi connectivity index (χ4n) is 3.50. The second-order valence-electron chi connectivity index (χ2n) is 7.39. The molecule has 2 aromatic carbocycles. The van der Waals surface area contributed by atoms with E-state index in [9.17, 15) is 14.4 Å². The van der Waals surface area contributed by atoms with Crippen LogP contribution in [-0.4, -0.2) is 33.4 Å². The Balaban J connectivity index is 1.91. The molecule has 7 nitrogen and oxygen atoms in total. The summed E-state index contributed by atoms with van der Waals surface area (Å²) in [5.74, 6) is -2.42. The first-order valence-corrected chi connectivity index (χ1v) is 9.55. The number of nitrogens with zero attached hydrogens (tertiary/aromatic N) is 2. The number of nitrogens with one attached hydrogen (secondary N) is 1. The summed E-state index contributed by atoms with van der Waals surface area (Å²) in [5.41, 5.74) is 9.70. The number of hydrogen-bond donors (Lipinski definition) is 2. The molecule has 0 aliphatic carbocycles. The third-order valence-electron chi connectivity index (χ3n) is 4.71. The minimum Gasteiger partial charge on any atom is -0.363 e. The maximum Gasteiger partial charge on any atom is 0.287 e. The smallest absolute Gasteiger partial charge is 0.287 e. The lowest BCUT2D eigenvalue weighted by Crippen LogP contribution is -2.47. The lowest BCUT2D eigenvalue weighted by molar-refractivity contribution is -0.137. The molecule has 3 aromatic rings. The lowest BCUT2D eigenvalue weighted by Gasteiger charge is -2.17. The molecule has 30 heavy (non-hydrogen) atoms. The number of primary amides is 1. The molecule has 0 spiro atoms. The second-order valence-corrected chi connectivity index (χ2v) is 7.39. The molecule has 3 N–H and O–H groups in total. The van der Waals surface area contributed by atoms with Crippen molar-refractivity contribution in [1.29, 1.82) is 0 Å². The number of amides is 2. The number of aryl methyl sites for hydroxylation is 3. The summed E-state index contributed by atoms with van der Waals surface area (Å²) < 4.78 is 1.53. The van der Waals surface area contributed by atoms with E-state index in [0.717, 1.165) is 22.3 Å². The average Bonchev–Trinajstić information content (AvgIpc) is 3.08. The zero-order valence-electron chi connectivity index (χ0n) is 17.2. The minimum atomic E-state index is -1.08. The molecular formula is C23H24N4O3. The van der Waals surface area contributed by atoms with Gasteiger partial charge in [-0.05, 0) is 19.4 Å². The molecule has 0 aliphatic rings. The Bertz CT molecular complexity index is 1080. The van der Waals surface area contributed by atoms with Crippen LogP contribution >= 0.6 is 0 Å². The average molecular weight is 404 g/mol. The highest BCUT2D eigenvalue weighted by molar-refractivity contribution is 6.38. The highest BCUT2D eigenvalue weighted by atomic mass is 16.2. The van der Waals surface area contributed by atoms with E-state index in [1.165, 1.54) is 4.68 Å². The lowest BCUT2D eigenvalue weighted by atomic mass is 9.98. The van der Waals surface area contributed by atoms with Gasteiger partial charge in [-0.1, -0.05) is 59.7 Å². The van der Waals surface area contributed by atoms with E-state index in [1.54, 1.807) is 13.2 Å². The van der Waals surface area contributed by atoms with E-state index in [-0.39, 0.29) is 6.42 Å². The van der Waals surface area contributed by atoms with Crippen molar-refractivity contribution in [3.05, 3.63) is 77.0 Å². The Labute approximate surface area is 174 Å². The van der Waals surface area contributed by atoms with E-state index in [2.05, 4.69) is 10.4 Å². The number of rotatable bonds is 7. The summed E-state index contributed by atoms with van der Waals surface area (Å²) in [4.78, 5) is 37.1. The summed E-state index contributed by atoms with van der Waals surface area (Å²) in [6, 6.07) is 14.0. The van der Waals surface area contributed by atoms with Crippen LogP contribution in [0.15, 0.2) is 54.7 Å². The predicted molar refractivity (Wildman–Crippen MR) is 114 cm³/mol. The molecular weight excluding hydrogens is 380 g/mol. The molecule has 0 bridgehead atoms. The Hall–Kier alpha value is -3.74. The topological polar surface area (TPSA) is 107 Å². The molecule has 0 radical (unpaired) electrons. The first-order valence-electron chi connectivity index (χ1n) is 9.55. The standard InChI is InChI=1S/C23H24N4O3/c1-14-9-15(2)11-16(10-14)12-19(21(28)22(24)29)25-23(30)18-13-27(3)26-20(18)17-7-5-4-6-8-17/h4-11,13,19H,12H2,1-3H3,(H2,24,29)(H,25,30). The quantitative estimate of drug-likeness (QED) is 0.588. The van der Waals surface area contributed by atoms with E-state index in [4.69, 9.17) is 5.73 Å². The zero-order chi connectivity index (χ0) is 21.8. The van der Waals surface area contributed by atoms with Gasteiger partial charge < -0.3 is 11.1 Å². The van der Waals surface area contributed by atoms with Gasteiger partial charge in [0.25, 0.3) is 11.8 Å². The number of ketones is 1. The summed E-state index contributed by atoms with van der Waals surface area (Å²) in [6.07, 6.45) is 1.75. The molecule has 0 saturated heterocycles. The zero-order valence-corrected chi connectivity index (χ0v) is 17.2. The summed E-state index contributed by atoms with van der Waals surface area (Å²) in [7, 11) is 1.71. The van der Waals surface area contributed by atoms with E-state index in [1.807, 2.05) is 62.4 Å². The highest BCUT2D eigenvalue weighted by Crippen LogP contribution is 2.22. The predicted octanol–water partition coefficient (Wildman–Crippen LogP) is 2.10. The summed E-state index contributed by atoms with van der Waals surface area (Å²) >= 11 is 0. The van der Waals surface area contributed by atoms with Crippen molar-refractivity contribution >= 4 is 17.6 Å².